The first-order chi connectivity index (χ1) is 13.6. The van der Waals surface area contributed by atoms with E-state index < -0.39 is 22.0 Å². The summed E-state index contributed by atoms with van der Waals surface area (Å²) in [7, 11) is 1.37. The van der Waals surface area contributed by atoms with Gasteiger partial charge in [-0.1, -0.05) is 13.8 Å². The Balaban J connectivity index is 2.17. The summed E-state index contributed by atoms with van der Waals surface area (Å²) in [6.07, 6.45) is 1.89. The lowest BCUT2D eigenvalue weighted by atomic mass is 10.0. The average molecular weight is 421 g/mol. The number of hydrogen-bond donors (Lipinski definition) is 2. The minimum Gasteiger partial charge on any atom is -0.497 e. The molecule has 2 aromatic rings. The van der Waals surface area contributed by atoms with Crippen molar-refractivity contribution in [1.82, 2.24) is 9.71 Å². The van der Waals surface area contributed by atoms with Crippen LogP contribution in [0.15, 0.2) is 47.5 Å². The van der Waals surface area contributed by atoms with E-state index in [0.717, 1.165) is 5.82 Å². The maximum atomic E-state index is 12.8. The molecule has 0 saturated heterocycles. The molecule has 9 heteroatoms. The molecule has 158 valence electrons. The van der Waals surface area contributed by atoms with Crippen LogP contribution in [0.25, 0.3) is 0 Å². The number of aromatic nitrogens is 1. The summed E-state index contributed by atoms with van der Waals surface area (Å²) in [4.78, 5) is 18.9. The van der Waals surface area contributed by atoms with E-state index in [0.29, 0.717) is 17.9 Å². The maximum absolute atomic E-state index is 12.8. The lowest BCUT2D eigenvalue weighted by Gasteiger charge is -2.20. The number of amides is 1. The van der Waals surface area contributed by atoms with Gasteiger partial charge in [0.2, 0.25) is 15.9 Å². The molecule has 0 fully saturated rings. The summed E-state index contributed by atoms with van der Waals surface area (Å²) in [6.45, 7) is 3.85. The third kappa shape index (κ3) is 6.43. The number of carbonyl (C=O) groups excluding carboxylic acids is 1. The topological polar surface area (TPSA) is 101 Å². The van der Waals surface area contributed by atoms with Crippen molar-refractivity contribution in [2.45, 2.75) is 31.2 Å². The fraction of sp³-hybridized carbons (Fsp3) is 0.400. The number of sulfonamides is 1. The molecule has 1 atom stereocenters. The van der Waals surface area contributed by atoms with Gasteiger partial charge in [-0.3, -0.25) is 4.79 Å². The molecule has 8 nitrogen and oxygen atoms in total. The van der Waals surface area contributed by atoms with Gasteiger partial charge in [-0.15, -0.1) is 0 Å². The maximum Gasteiger partial charge on any atom is 0.242 e. The van der Waals surface area contributed by atoms with E-state index in [4.69, 9.17) is 4.74 Å². The SMILES string of the molecule is COc1ccc(S(=O)(=O)N[C@@H](CC(C)C)C(=O)Nc2ccc(N(C)C)nc2)cc1. The van der Waals surface area contributed by atoms with Gasteiger partial charge in [0.05, 0.1) is 23.9 Å². The molecule has 2 N–H and O–H groups in total. The number of methoxy groups -OCH3 is 1. The Morgan fingerprint density at radius 2 is 1.79 bits per heavy atom. The summed E-state index contributed by atoms with van der Waals surface area (Å²) in [5, 5.41) is 2.74. The van der Waals surface area contributed by atoms with Crippen molar-refractivity contribution in [2.75, 3.05) is 31.4 Å². The molecule has 0 spiro atoms. The molecule has 1 amide bonds. The predicted molar refractivity (Wildman–Crippen MR) is 114 cm³/mol. The summed E-state index contributed by atoms with van der Waals surface area (Å²) < 4.78 is 33.1. The molecule has 29 heavy (non-hydrogen) atoms. The van der Waals surface area contributed by atoms with E-state index in [1.807, 2.05) is 32.8 Å². The van der Waals surface area contributed by atoms with Gasteiger partial charge in [0.1, 0.15) is 17.6 Å². The summed E-state index contributed by atoms with van der Waals surface area (Å²) in [6, 6.07) is 8.58. The number of carbonyl (C=O) groups is 1. The highest BCUT2D eigenvalue weighted by molar-refractivity contribution is 7.89. The summed E-state index contributed by atoms with van der Waals surface area (Å²) in [5.74, 6) is 0.977. The first kappa shape index (κ1) is 22.6. The molecule has 0 saturated carbocycles. The Bertz CT molecular complexity index is 911. The van der Waals surface area contributed by atoms with Crippen molar-refractivity contribution in [3.8, 4) is 5.75 Å². The highest BCUT2D eigenvalue weighted by Gasteiger charge is 2.26. The van der Waals surface area contributed by atoms with Gasteiger partial charge in [0.15, 0.2) is 0 Å². The molecule has 1 heterocycles. The van der Waals surface area contributed by atoms with Crippen LogP contribution in [0.2, 0.25) is 0 Å². The number of pyridine rings is 1. The van der Waals surface area contributed by atoms with Crippen LogP contribution in [-0.4, -0.2) is 46.6 Å². The standard InChI is InChI=1S/C20H28N4O4S/c1-14(2)12-18(20(25)22-15-6-11-19(21-13-15)24(3)4)23-29(26,27)17-9-7-16(28-5)8-10-17/h6-11,13-14,18,23H,12H2,1-5H3,(H,22,25)/t18-/m0/s1. The third-order valence-corrected chi connectivity index (χ3v) is 5.65. The van der Waals surface area contributed by atoms with E-state index >= 15 is 0 Å². The minimum absolute atomic E-state index is 0.0665. The molecule has 0 aliphatic rings. The van der Waals surface area contributed by atoms with Crippen LogP contribution >= 0.6 is 0 Å². The molecule has 0 bridgehead atoms. The van der Waals surface area contributed by atoms with Crippen LogP contribution in [0.1, 0.15) is 20.3 Å². The van der Waals surface area contributed by atoms with Gasteiger partial charge in [-0.2, -0.15) is 4.72 Å². The molecule has 0 unspecified atom stereocenters. The molecular weight excluding hydrogens is 392 g/mol. The second-order valence-electron chi connectivity index (χ2n) is 7.27. The van der Waals surface area contributed by atoms with Crippen molar-refractivity contribution < 1.29 is 17.9 Å². The van der Waals surface area contributed by atoms with E-state index in [-0.39, 0.29) is 10.8 Å². The third-order valence-electron chi connectivity index (χ3n) is 4.16. The molecule has 0 aliphatic heterocycles. The number of anilines is 2. The monoisotopic (exact) mass is 420 g/mol. The Hall–Kier alpha value is -2.65. The van der Waals surface area contributed by atoms with Crippen molar-refractivity contribution in [3.05, 3.63) is 42.6 Å². The van der Waals surface area contributed by atoms with Gasteiger partial charge in [-0.05, 0) is 48.7 Å². The highest BCUT2D eigenvalue weighted by Crippen LogP contribution is 2.18. The van der Waals surface area contributed by atoms with Crippen LogP contribution < -0.4 is 19.7 Å². The number of nitrogens with zero attached hydrogens (tertiary/aromatic N) is 2. The Kier molecular flexibility index (Phi) is 7.58. The number of nitrogens with one attached hydrogen (secondary N) is 2. The zero-order valence-electron chi connectivity index (χ0n) is 17.3. The van der Waals surface area contributed by atoms with Crippen LogP contribution in [0.3, 0.4) is 0 Å². The predicted octanol–water partition coefficient (Wildman–Crippen LogP) is 2.49. The fourth-order valence-electron chi connectivity index (χ4n) is 2.64. The van der Waals surface area contributed by atoms with Gasteiger partial charge >= 0.3 is 0 Å². The zero-order chi connectivity index (χ0) is 21.6. The van der Waals surface area contributed by atoms with E-state index in [1.165, 1.54) is 25.4 Å². The first-order valence-corrected chi connectivity index (χ1v) is 10.7. The van der Waals surface area contributed by atoms with Gasteiger partial charge in [0.25, 0.3) is 0 Å². The second-order valence-corrected chi connectivity index (χ2v) is 8.98. The highest BCUT2D eigenvalue weighted by atomic mass is 32.2. The summed E-state index contributed by atoms with van der Waals surface area (Å²) >= 11 is 0. The Morgan fingerprint density at radius 1 is 1.14 bits per heavy atom. The van der Waals surface area contributed by atoms with Crippen LogP contribution in [-0.2, 0) is 14.8 Å². The van der Waals surface area contributed by atoms with Crippen LogP contribution in [0.5, 0.6) is 5.75 Å². The largest absolute Gasteiger partial charge is 0.497 e. The smallest absolute Gasteiger partial charge is 0.242 e. The normalized spacial score (nSPS) is 12.5. The quantitative estimate of drug-likeness (QED) is 0.646. The van der Waals surface area contributed by atoms with Crippen LogP contribution in [0, 0.1) is 5.92 Å². The lowest BCUT2D eigenvalue weighted by molar-refractivity contribution is -0.118. The zero-order valence-corrected chi connectivity index (χ0v) is 18.2. The molecular formula is C20H28N4O4S. The molecule has 0 radical (unpaired) electrons. The van der Waals surface area contributed by atoms with Gasteiger partial charge in [0, 0.05) is 14.1 Å². The second kappa shape index (κ2) is 9.71. The van der Waals surface area contributed by atoms with E-state index in [9.17, 15) is 13.2 Å². The van der Waals surface area contributed by atoms with Crippen LogP contribution in [0.4, 0.5) is 11.5 Å². The molecule has 0 aliphatic carbocycles. The van der Waals surface area contributed by atoms with Crippen molar-refractivity contribution in [3.63, 3.8) is 0 Å². The minimum atomic E-state index is -3.87. The summed E-state index contributed by atoms with van der Waals surface area (Å²) in [5.41, 5.74) is 0.498. The van der Waals surface area contributed by atoms with E-state index in [2.05, 4.69) is 15.0 Å². The lowest BCUT2D eigenvalue weighted by Crippen LogP contribution is -2.44. The Labute approximate surface area is 172 Å². The van der Waals surface area contributed by atoms with E-state index in [1.54, 1.807) is 24.3 Å². The molecule has 2 rings (SSSR count). The number of rotatable bonds is 9. The Morgan fingerprint density at radius 3 is 2.28 bits per heavy atom. The number of benzene rings is 1. The number of ether oxygens (including phenoxy) is 1. The average Bonchev–Trinajstić information content (AvgIpc) is 2.67. The molecule has 1 aromatic heterocycles. The van der Waals surface area contributed by atoms with Crippen molar-refractivity contribution in [1.29, 1.82) is 0 Å². The van der Waals surface area contributed by atoms with Crippen molar-refractivity contribution in [2.24, 2.45) is 5.92 Å². The van der Waals surface area contributed by atoms with Crippen molar-refractivity contribution >= 4 is 27.4 Å². The first-order valence-electron chi connectivity index (χ1n) is 9.23. The fourth-order valence-corrected chi connectivity index (χ4v) is 3.85. The van der Waals surface area contributed by atoms with Gasteiger partial charge in [-0.25, -0.2) is 13.4 Å². The van der Waals surface area contributed by atoms with Gasteiger partial charge < -0.3 is 15.0 Å². The number of hydrogen-bond acceptors (Lipinski definition) is 6. The molecule has 1 aromatic carbocycles.